The van der Waals surface area contributed by atoms with Crippen molar-refractivity contribution in [3.63, 3.8) is 0 Å². The molecular formula is C18H15N5S. The first kappa shape index (κ1) is 15.7. The van der Waals surface area contributed by atoms with Crippen LogP contribution >= 0.6 is 12.2 Å². The van der Waals surface area contributed by atoms with Crippen LogP contribution in [0.1, 0.15) is 11.1 Å². The smallest absolute Gasteiger partial charge is 0.176 e. The lowest BCUT2D eigenvalue weighted by molar-refractivity contribution is 0.688. The van der Waals surface area contributed by atoms with E-state index in [2.05, 4.69) is 26.6 Å². The Balaban J connectivity index is 1.60. The molecule has 1 aromatic carbocycles. The molecule has 0 bridgehead atoms. The SMILES string of the molecule is C#Cc1cccc(NC(=S)Nc2ccn(Cc3cccnc3)n2)c1. The van der Waals surface area contributed by atoms with E-state index in [1.807, 2.05) is 59.5 Å². The molecule has 3 aromatic rings. The van der Waals surface area contributed by atoms with Crippen LogP contribution in [0.25, 0.3) is 0 Å². The minimum absolute atomic E-state index is 0.454. The van der Waals surface area contributed by atoms with E-state index in [0.717, 1.165) is 16.8 Å². The molecule has 0 atom stereocenters. The van der Waals surface area contributed by atoms with Crippen molar-refractivity contribution in [2.24, 2.45) is 0 Å². The standard InChI is InChI=1S/C18H15N5S/c1-2-14-5-3-7-16(11-14)20-18(24)21-17-8-10-23(22-17)13-15-6-4-9-19-12-15/h1,3-12H,13H2,(H2,20,21,22,24). The lowest BCUT2D eigenvalue weighted by Crippen LogP contribution is -2.19. The van der Waals surface area contributed by atoms with Crippen LogP contribution in [0, 0.1) is 12.3 Å². The van der Waals surface area contributed by atoms with Crippen molar-refractivity contribution in [1.29, 1.82) is 0 Å². The molecule has 0 fully saturated rings. The highest BCUT2D eigenvalue weighted by Crippen LogP contribution is 2.11. The van der Waals surface area contributed by atoms with Crippen molar-refractivity contribution in [2.75, 3.05) is 10.6 Å². The zero-order valence-corrected chi connectivity index (χ0v) is 13.6. The molecule has 3 rings (SSSR count). The molecule has 5 nitrogen and oxygen atoms in total. The topological polar surface area (TPSA) is 54.8 Å². The van der Waals surface area contributed by atoms with Gasteiger partial charge in [0.25, 0.3) is 0 Å². The fourth-order valence-electron chi connectivity index (χ4n) is 2.16. The van der Waals surface area contributed by atoms with Crippen LogP contribution in [-0.4, -0.2) is 19.9 Å². The third-order valence-corrected chi connectivity index (χ3v) is 3.44. The van der Waals surface area contributed by atoms with Crippen molar-refractivity contribution in [1.82, 2.24) is 14.8 Å². The van der Waals surface area contributed by atoms with Gasteiger partial charge in [0.05, 0.1) is 6.54 Å². The predicted octanol–water partition coefficient (Wildman–Crippen LogP) is 3.12. The normalized spacial score (nSPS) is 9.96. The van der Waals surface area contributed by atoms with Gasteiger partial charge >= 0.3 is 0 Å². The monoisotopic (exact) mass is 333 g/mol. The van der Waals surface area contributed by atoms with E-state index in [9.17, 15) is 0 Å². The summed E-state index contributed by atoms with van der Waals surface area (Å²) < 4.78 is 1.82. The Morgan fingerprint density at radius 1 is 1.21 bits per heavy atom. The molecule has 118 valence electrons. The second kappa shape index (κ2) is 7.40. The molecule has 0 aliphatic heterocycles. The van der Waals surface area contributed by atoms with Gasteiger partial charge in [-0.05, 0) is 42.0 Å². The summed E-state index contributed by atoms with van der Waals surface area (Å²) in [5.74, 6) is 3.26. The first-order valence-electron chi connectivity index (χ1n) is 7.30. The van der Waals surface area contributed by atoms with E-state index < -0.39 is 0 Å². The summed E-state index contributed by atoms with van der Waals surface area (Å²) in [5, 5.41) is 11.0. The highest BCUT2D eigenvalue weighted by atomic mass is 32.1. The van der Waals surface area contributed by atoms with E-state index in [-0.39, 0.29) is 0 Å². The Hall–Kier alpha value is -3.17. The Bertz CT molecular complexity index is 880. The number of rotatable bonds is 4. The molecule has 0 radical (unpaired) electrons. The van der Waals surface area contributed by atoms with E-state index >= 15 is 0 Å². The lowest BCUT2D eigenvalue weighted by Gasteiger charge is -2.09. The fraction of sp³-hybridized carbons (Fsp3) is 0.0556. The molecule has 0 aliphatic carbocycles. The van der Waals surface area contributed by atoms with Crippen LogP contribution < -0.4 is 10.6 Å². The summed E-state index contributed by atoms with van der Waals surface area (Å²) in [6, 6.07) is 13.3. The molecule has 0 unspecified atom stereocenters. The predicted molar refractivity (Wildman–Crippen MR) is 99.8 cm³/mol. The van der Waals surface area contributed by atoms with Gasteiger partial charge in [-0.15, -0.1) is 6.42 Å². The number of hydrogen-bond acceptors (Lipinski definition) is 3. The number of nitrogens with one attached hydrogen (secondary N) is 2. The summed E-state index contributed by atoms with van der Waals surface area (Å²) in [6.45, 7) is 0.653. The second-order valence-electron chi connectivity index (χ2n) is 5.06. The van der Waals surface area contributed by atoms with Gasteiger partial charge in [0.2, 0.25) is 0 Å². The van der Waals surface area contributed by atoms with Crippen molar-refractivity contribution < 1.29 is 0 Å². The zero-order chi connectivity index (χ0) is 16.8. The van der Waals surface area contributed by atoms with Gasteiger partial charge in [0, 0.05) is 35.9 Å². The first-order chi connectivity index (χ1) is 11.7. The van der Waals surface area contributed by atoms with Crippen molar-refractivity contribution in [3.8, 4) is 12.3 Å². The summed E-state index contributed by atoms with van der Waals surface area (Å²) in [5.41, 5.74) is 2.71. The average molecular weight is 333 g/mol. The van der Waals surface area contributed by atoms with Crippen LogP contribution in [-0.2, 0) is 6.54 Å². The van der Waals surface area contributed by atoms with Gasteiger partial charge in [0.1, 0.15) is 0 Å². The minimum atomic E-state index is 0.454. The molecule has 6 heteroatoms. The van der Waals surface area contributed by atoms with Gasteiger partial charge in [0.15, 0.2) is 10.9 Å². The Morgan fingerprint density at radius 2 is 2.12 bits per heavy atom. The second-order valence-corrected chi connectivity index (χ2v) is 5.47. The number of hydrogen-bond donors (Lipinski definition) is 2. The maximum Gasteiger partial charge on any atom is 0.176 e. The molecule has 2 heterocycles. The number of anilines is 2. The number of terminal acetylenes is 1. The molecule has 0 saturated carbocycles. The van der Waals surface area contributed by atoms with Crippen molar-refractivity contribution >= 4 is 28.8 Å². The molecular weight excluding hydrogens is 318 g/mol. The highest BCUT2D eigenvalue weighted by molar-refractivity contribution is 7.80. The summed E-state index contributed by atoms with van der Waals surface area (Å²) in [4.78, 5) is 4.10. The number of benzene rings is 1. The van der Waals surface area contributed by atoms with Crippen LogP contribution in [0.5, 0.6) is 0 Å². The number of pyridine rings is 1. The van der Waals surface area contributed by atoms with Crippen LogP contribution in [0.3, 0.4) is 0 Å². The molecule has 0 aliphatic rings. The van der Waals surface area contributed by atoms with Crippen molar-refractivity contribution in [3.05, 3.63) is 72.2 Å². The Kier molecular flexibility index (Phi) is 4.84. The van der Waals surface area contributed by atoms with Gasteiger partial charge in [-0.2, -0.15) is 5.10 Å². The summed E-state index contributed by atoms with van der Waals surface area (Å²) in [7, 11) is 0. The Labute approximate surface area is 145 Å². The highest BCUT2D eigenvalue weighted by Gasteiger charge is 2.03. The van der Waals surface area contributed by atoms with Crippen LogP contribution in [0.15, 0.2) is 61.1 Å². The van der Waals surface area contributed by atoms with E-state index in [1.165, 1.54) is 0 Å². The van der Waals surface area contributed by atoms with Crippen LogP contribution in [0.2, 0.25) is 0 Å². The van der Waals surface area contributed by atoms with Gasteiger partial charge in [-0.1, -0.05) is 18.1 Å². The quantitative estimate of drug-likeness (QED) is 0.567. The van der Waals surface area contributed by atoms with E-state index in [0.29, 0.717) is 17.5 Å². The average Bonchev–Trinajstić information content (AvgIpc) is 3.02. The zero-order valence-electron chi connectivity index (χ0n) is 12.8. The molecule has 0 amide bonds. The largest absolute Gasteiger partial charge is 0.332 e. The van der Waals surface area contributed by atoms with E-state index in [1.54, 1.807) is 6.20 Å². The summed E-state index contributed by atoms with van der Waals surface area (Å²) >= 11 is 5.30. The molecule has 2 aromatic heterocycles. The lowest BCUT2D eigenvalue weighted by atomic mass is 10.2. The molecule has 24 heavy (non-hydrogen) atoms. The van der Waals surface area contributed by atoms with Gasteiger partial charge in [-0.3, -0.25) is 9.67 Å². The minimum Gasteiger partial charge on any atom is -0.332 e. The maximum atomic E-state index is 5.40. The fourth-order valence-corrected chi connectivity index (χ4v) is 2.38. The van der Waals surface area contributed by atoms with Gasteiger partial charge < -0.3 is 10.6 Å². The maximum absolute atomic E-state index is 5.40. The van der Waals surface area contributed by atoms with Gasteiger partial charge in [-0.25, -0.2) is 0 Å². The third kappa shape index (κ3) is 4.18. The number of nitrogens with zero attached hydrogens (tertiary/aromatic N) is 3. The number of aromatic nitrogens is 3. The third-order valence-electron chi connectivity index (χ3n) is 3.24. The van der Waals surface area contributed by atoms with Crippen LogP contribution in [0.4, 0.5) is 11.5 Å². The van der Waals surface area contributed by atoms with Crippen molar-refractivity contribution in [2.45, 2.75) is 6.54 Å². The molecule has 2 N–H and O–H groups in total. The first-order valence-corrected chi connectivity index (χ1v) is 7.71. The molecule has 0 spiro atoms. The summed E-state index contributed by atoms with van der Waals surface area (Å²) in [6.07, 6.45) is 10.8. The Morgan fingerprint density at radius 3 is 2.92 bits per heavy atom. The van der Waals surface area contributed by atoms with E-state index in [4.69, 9.17) is 18.6 Å². The number of thiocarbonyl (C=S) groups is 1. The molecule has 0 saturated heterocycles.